The molecular formula is C23H26N4O5. The van der Waals surface area contributed by atoms with Gasteiger partial charge in [-0.15, -0.1) is 0 Å². The monoisotopic (exact) mass is 438 g/mol. The van der Waals surface area contributed by atoms with Gasteiger partial charge in [-0.05, 0) is 30.5 Å². The van der Waals surface area contributed by atoms with Crippen LogP contribution in [0.1, 0.15) is 28.5 Å². The van der Waals surface area contributed by atoms with Crippen LogP contribution in [0.25, 0.3) is 10.9 Å². The van der Waals surface area contributed by atoms with Gasteiger partial charge in [0.2, 0.25) is 5.69 Å². The van der Waals surface area contributed by atoms with E-state index in [0.717, 1.165) is 23.0 Å². The molecule has 2 bridgehead atoms. The van der Waals surface area contributed by atoms with Crippen molar-refractivity contribution in [2.45, 2.75) is 25.4 Å². The minimum absolute atomic E-state index is 0.0128. The Kier molecular flexibility index (Phi) is 5.34. The Morgan fingerprint density at radius 2 is 2.03 bits per heavy atom. The molecule has 3 aromatic rings. The topological polar surface area (TPSA) is 104 Å². The largest absolute Gasteiger partial charge is 0.595 e. The van der Waals surface area contributed by atoms with Crippen LogP contribution in [-0.4, -0.2) is 52.0 Å². The Balaban J connectivity index is 1.47. The second-order valence-electron chi connectivity index (χ2n) is 8.63. The van der Waals surface area contributed by atoms with Crippen molar-refractivity contribution in [3.63, 3.8) is 0 Å². The molecule has 0 radical (unpaired) electrons. The second kappa shape index (κ2) is 8.18. The molecule has 9 heteroatoms. The predicted molar refractivity (Wildman–Crippen MR) is 117 cm³/mol. The number of ether oxygens (including phenoxy) is 1. The molecule has 1 aromatic carbocycles. The molecule has 1 fully saturated rings. The van der Waals surface area contributed by atoms with Gasteiger partial charge in [-0.25, -0.2) is 5.21 Å². The zero-order chi connectivity index (χ0) is 22.4. The SMILES string of the molecule is COCCn1c(C(=O)N2CC3CC(C2)c2ccc([NH+]([O-])O)c(=O)n2C3)cc2ccccc21. The maximum Gasteiger partial charge on any atom is 0.315 e. The lowest BCUT2D eigenvalue weighted by Crippen LogP contribution is -3.00. The first-order valence-corrected chi connectivity index (χ1v) is 10.8. The highest BCUT2D eigenvalue weighted by Crippen LogP contribution is 2.36. The number of carbonyl (C=O) groups is 1. The first kappa shape index (κ1) is 20.9. The first-order valence-electron chi connectivity index (χ1n) is 10.8. The fourth-order valence-corrected chi connectivity index (χ4v) is 5.25. The molecule has 1 amide bonds. The summed E-state index contributed by atoms with van der Waals surface area (Å²) in [4.78, 5) is 28.2. The van der Waals surface area contributed by atoms with E-state index in [0.29, 0.717) is 38.5 Å². The predicted octanol–water partition coefficient (Wildman–Crippen LogP) is 1.11. The lowest BCUT2D eigenvalue weighted by molar-refractivity contribution is -0.992. The molecule has 168 valence electrons. The molecule has 3 unspecified atom stereocenters. The Morgan fingerprint density at radius 3 is 2.81 bits per heavy atom. The molecule has 2 aliphatic rings. The highest BCUT2D eigenvalue weighted by molar-refractivity contribution is 5.99. The van der Waals surface area contributed by atoms with Crippen molar-refractivity contribution in [2.75, 3.05) is 26.8 Å². The van der Waals surface area contributed by atoms with Crippen molar-refractivity contribution >= 4 is 22.5 Å². The minimum Gasteiger partial charge on any atom is -0.595 e. The van der Waals surface area contributed by atoms with E-state index in [9.17, 15) is 20.0 Å². The minimum atomic E-state index is -1.21. The number of hydrogen-bond acceptors (Lipinski definition) is 5. The van der Waals surface area contributed by atoms with E-state index >= 15 is 0 Å². The number of benzene rings is 1. The van der Waals surface area contributed by atoms with Gasteiger partial charge in [-0.1, -0.05) is 18.2 Å². The fraction of sp³-hybridized carbons (Fsp3) is 0.391. The van der Waals surface area contributed by atoms with Crippen molar-refractivity contribution in [3.8, 4) is 0 Å². The van der Waals surface area contributed by atoms with Gasteiger partial charge in [0.25, 0.3) is 5.91 Å². The van der Waals surface area contributed by atoms with Gasteiger partial charge in [0.15, 0.2) is 0 Å². The van der Waals surface area contributed by atoms with E-state index < -0.39 is 10.8 Å². The van der Waals surface area contributed by atoms with E-state index in [1.807, 2.05) is 39.8 Å². The number of rotatable bonds is 5. The molecule has 1 saturated heterocycles. The Morgan fingerprint density at radius 1 is 1.22 bits per heavy atom. The van der Waals surface area contributed by atoms with Crippen LogP contribution in [0.4, 0.5) is 5.69 Å². The smallest absolute Gasteiger partial charge is 0.315 e. The molecule has 0 aliphatic carbocycles. The number of likely N-dealkylation sites (tertiary alicyclic amines) is 1. The lowest BCUT2D eigenvalue weighted by Gasteiger charge is -2.42. The van der Waals surface area contributed by atoms with Crippen LogP contribution in [0.3, 0.4) is 0 Å². The van der Waals surface area contributed by atoms with Crippen LogP contribution >= 0.6 is 0 Å². The molecule has 3 atom stereocenters. The van der Waals surface area contributed by atoms with Gasteiger partial charge in [-0.3, -0.25) is 9.59 Å². The van der Waals surface area contributed by atoms with Crippen LogP contribution in [0, 0.1) is 11.1 Å². The van der Waals surface area contributed by atoms with E-state index in [1.54, 1.807) is 17.7 Å². The summed E-state index contributed by atoms with van der Waals surface area (Å²) in [5.74, 6) is 0.104. The number of piperidine rings is 1. The van der Waals surface area contributed by atoms with Gasteiger partial charge in [0.05, 0.1) is 6.61 Å². The third-order valence-corrected chi connectivity index (χ3v) is 6.67. The average molecular weight is 438 g/mol. The first-order chi connectivity index (χ1) is 15.5. The summed E-state index contributed by atoms with van der Waals surface area (Å²) in [5, 5.41) is 20.4. The van der Waals surface area contributed by atoms with Gasteiger partial charge >= 0.3 is 5.56 Å². The summed E-state index contributed by atoms with van der Waals surface area (Å²) in [5.41, 5.74) is 1.80. The number of methoxy groups -OCH3 is 1. The lowest BCUT2D eigenvalue weighted by atomic mass is 9.83. The Bertz CT molecular complexity index is 1230. The van der Waals surface area contributed by atoms with E-state index in [-0.39, 0.29) is 23.4 Å². The van der Waals surface area contributed by atoms with E-state index in [2.05, 4.69) is 0 Å². The van der Waals surface area contributed by atoms with Crippen LogP contribution in [-0.2, 0) is 17.8 Å². The van der Waals surface area contributed by atoms with Crippen LogP contribution in [0.2, 0.25) is 0 Å². The molecule has 9 nitrogen and oxygen atoms in total. The normalized spacial score (nSPS) is 20.9. The van der Waals surface area contributed by atoms with Crippen molar-refractivity contribution in [1.29, 1.82) is 0 Å². The summed E-state index contributed by atoms with van der Waals surface area (Å²) in [6, 6.07) is 13.0. The quantitative estimate of drug-likeness (QED) is 0.581. The number of hydrogen-bond donors (Lipinski definition) is 2. The highest BCUT2D eigenvalue weighted by atomic mass is 16.8. The third-order valence-electron chi connectivity index (χ3n) is 6.67. The van der Waals surface area contributed by atoms with Crippen molar-refractivity contribution in [3.05, 3.63) is 69.4 Å². The number of para-hydroxylation sites is 1. The highest BCUT2D eigenvalue weighted by Gasteiger charge is 2.38. The van der Waals surface area contributed by atoms with Crippen molar-refractivity contribution in [1.82, 2.24) is 14.0 Å². The maximum atomic E-state index is 13.6. The number of nitrogens with one attached hydrogen (secondary N) is 1. The molecule has 2 N–H and O–H groups in total. The number of nitrogens with zero attached hydrogens (tertiary/aromatic N) is 3. The van der Waals surface area contributed by atoms with Crippen LogP contribution in [0.15, 0.2) is 47.3 Å². The van der Waals surface area contributed by atoms with Gasteiger partial charge in [-0.2, -0.15) is 5.23 Å². The number of pyridine rings is 1. The molecule has 2 aliphatic heterocycles. The number of carbonyl (C=O) groups excluding carboxylic acids is 1. The number of fused-ring (bicyclic) bond motifs is 5. The van der Waals surface area contributed by atoms with E-state index in [4.69, 9.17) is 4.74 Å². The zero-order valence-electron chi connectivity index (χ0n) is 17.9. The number of aromatic nitrogens is 2. The number of quaternary nitrogens is 1. The molecule has 2 aromatic heterocycles. The third kappa shape index (κ3) is 3.43. The molecule has 0 saturated carbocycles. The molecule has 4 heterocycles. The van der Waals surface area contributed by atoms with Crippen molar-refractivity contribution in [2.24, 2.45) is 5.92 Å². The average Bonchev–Trinajstić information content (AvgIpc) is 3.16. The van der Waals surface area contributed by atoms with E-state index in [1.165, 1.54) is 6.07 Å². The Hall–Kier alpha value is -2.98. The number of amides is 1. The standard InChI is InChI=1S/C23H26N4O5/c1-32-9-8-25-18-5-3-2-4-16(18)11-21(25)22(28)24-12-15-10-17(14-24)19-6-7-20(27(30)31)23(29)26(19)13-15/h2-7,11,15,17,27,30H,8-10,12-14H2,1H3. The summed E-state index contributed by atoms with van der Waals surface area (Å²) >= 11 is 0. The molecular weight excluding hydrogens is 412 g/mol. The van der Waals surface area contributed by atoms with Gasteiger partial charge < -0.3 is 24.0 Å². The van der Waals surface area contributed by atoms with Gasteiger partial charge in [0, 0.05) is 61.9 Å². The zero-order valence-corrected chi connectivity index (χ0v) is 17.9. The Labute approximate surface area is 184 Å². The molecule has 32 heavy (non-hydrogen) atoms. The molecule has 0 spiro atoms. The second-order valence-corrected chi connectivity index (χ2v) is 8.63. The maximum absolute atomic E-state index is 13.6. The molecule has 5 rings (SSSR count). The summed E-state index contributed by atoms with van der Waals surface area (Å²) in [6.07, 6.45) is 0.891. The van der Waals surface area contributed by atoms with Gasteiger partial charge in [0.1, 0.15) is 5.69 Å². The summed E-state index contributed by atoms with van der Waals surface area (Å²) in [6.45, 7) is 2.58. The van der Waals surface area contributed by atoms with Crippen LogP contribution in [0.5, 0.6) is 0 Å². The summed E-state index contributed by atoms with van der Waals surface area (Å²) < 4.78 is 8.88. The fourth-order valence-electron chi connectivity index (χ4n) is 5.25. The van der Waals surface area contributed by atoms with Crippen molar-refractivity contribution < 1.29 is 20.0 Å². The summed E-state index contributed by atoms with van der Waals surface area (Å²) in [7, 11) is 1.65. The van der Waals surface area contributed by atoms with Crippen LogP contribution < -0.4 is 10.8 Å².